The van der Waals surface area contributed by atoms with Gasteiger partial charge in [-0.3, -0.25) is 9.69 Å². The van der Waals surface area contributed by atoms with E-state index < -0.39 is 0 Å². The molecule has 3 heterocycles. The highest BCUT2D eigenvalue weighted by Gasteiger charge is 2.24. The van der Waals surface area contributed by atoms with Gasteiger partial charge in [-0.2, -0.15) is 0 Å². The second kappa shape index (κ2) is 10.2. The van der Waals surface area contributed by atoms with Gasteiger partial charge in [-0.05, 0) is 42.5 Å². The Balaban J connectivity index is 1.30. The standard InChI is InChI=1S/C24H29N3O3S/c1-17-5-6-19(14-18(17)2)21-16-26-24(30-21)8-7-23(28)25-15-20(22-4-3-13-31-22)27-9-11-29-12-10-27/h3-6,13-14,16,20H,7-12,15H2,1-2H3,(H,25,28)/t20-/m0/s1. The van der Waals surface area contributed by atoms with E-state index in [0.29, 0.717) is 25.3 Å². The van der Waals surface area contributed by atoms with Gasteiger partial charge in [0.05, 0.1) is 25.5 Å². The number of carbonyl (C=O) groups excluding carboxylic acids is 1. The van der Waals surface area contributed by atoms with Gasteiger partial charge in [-0.15, -0.1) is 11.3 Å². The highest BCUT2D eigenvalue weighted by Crippen LogP contribution is 2.26. The number of ether oxygens (including phenoxy) is 1. The Kier molecular flexibility index (Phi) is 7.17. The highest BCUT2D eigenvalue weighted by molar-refractivity contribution is 7.10. The van der Waals surface area contributed by atoms with Crippen LogP contribution in [0, 0.1) is 13.8 Å². The largest absolute Gasteiger partial charge is 0.441 e. The third-order valence-electron chi connectivity index (χ3n) is 5.76. The van der Waals surface area contributed by atoms with Crippen molar-refractivity contribution in [1.82, 2.24) is 15.2 Å². The number of nitrogens with zero attached hydrogens (tertiary/aromatic N) is 2. The Morgan fingerprint density at radius 2 is 2.06 bits per heavy atom. The number of carbonyl (C=O) groups is 1. The molecule has 2 aromatic heterocycles. The van der Waals surface area contributed by atoms with Crippen LogP contribution in [0.5, 0.6) is 0 Å². The van der Waals surface area contributed by atoms with Crippen LogP contribution in [0.15, 0.2) is 46.3 Å². The second-order valence-electron chi connectivity index (χ2n) is 7.90. The van der Waals surface area contributed by atoms with Crippen LogP contribution >= 0.6 is 11.3 Å². The zero-order valence-corrected chi connectivity index (χ0v) is 18.9. The van der Waals surface area contributed by atoms with Gasteiger partial charge in [0.1, 0.15) is 0 Å². The molecule has 1 aliphatic rings. The van der Waals surface area contributed by atoms with Crippen molar-refractivity contribution in [3.63, 3.8) is 0 Å². The average Bonchev–Trinajstić information content (AvgIpc) is 3.48. The summed E-state index contributed by atoms with van der Waals surface area (Å²) in [6.45, 7) is 8.02. The number of morpholine rings is 1. The Hall–Kier alpha value is -2.48. The molecule has 1 N–H and O–H groups in total. The lowest BCUT2D eigenvalue weighted by Gasteiger charge is -2.34. The molecule has 1 aliphatic heterocycles. The van der Waals surface area contributed by atoms with Gasteiger partial charge < -0.3 is 14.5 Å². The van der Waals surface area contributed by atoms with Crippen LogP contribution in [0.2, 0.25) is 0 Å². The molecule has 1 fully saturated rings. The number of hydrogen-bond acceptors (Lipinski definition) is 6. The number of aromatic nitrogens is 1. The lowest BCUT2D eigenvalue weighted by atomic mass is 10.1. The molecule has 1 saturated heterocycles. The molecule has 0 radical (unpaired) electrons. The summed E-state index contributed by atoms with van der Waals surface area (Å²) in [6, 6.07) is 10.6. The van der Waals surface area contributed by atoms with E-state index in [0.717, 1.165) is 37.6 Å². The molecule has 4 rings (SSSR count). The van der Waals surface area contributed by atoms with E-state index in [-0.39, 0.29) is 11.9 Å². The molecule has 1 atom stereocenters. The van der Waals surface area contributed by atoms with Gasteiger partial charge in [0, 0.05) is 42.9 Å². The second-order valence-corrected chi connectivity index (χ2v) is 8.88. The van der Waals surface area contributed by atoms with Gasteiger partial charge in [0.15, 0.2) is 11.7 Å². The number of benzene rings is 1. The smallest absolute Gasteiger partial charge is 0.220 e. The molecule has 0 bridgehead atoms. The SMILES string of the molecule is Cc1ccc(-c2cnc(CCC(=O)NC[C@@H](c3cccs3)N3CCOCC3)o2)cc1C. The first-order valence-electron chi connectivity index (χ1n) is 10.7. The predicted molar refractivity (Wildman–Crippen MR) is 122 cm³/mol. The minimum absolute atomic E-state index is 0.0146. The third kappa shape index (κ3) is 5.61. The molecule has 0 spiro atoms. The molecule has 3 aromatic rings. The maximum absolute atomic E-state index is 12.5. The zero-order chi connectivity index (χ0) is 21.6. The Morgan fingerprint density at radius 1 is 1.23 bits per heavy atom. The average molecular weight is 440 g/mol. The van der Waals surface area contributed by atoms with Crippen LogP contribution in [0.1, 0.15) is 34.4 Å². The Morgan fingerprint density at radius 3 is 2.81 bits per heavy atom. The summed E-state index contributed by atoms with van der Waals surface area (Å²) in [4.78, 5) is 20.5. The fourth-order valence-corrected chi connectivity index (χ4v) is 4.61. The van der Waals surface area contributed by atoms with E-state index in [1.807, 2.05) is 6.07 Å². The first-order chi connectivity index (χ1) is 15.1. The molecule has 7 heteroatoms. The van der Waals surface area contributed by atoms with Gasteiger partial charge in [-0.1, -0.05) is 18.2 Å². The van der Waals surface area contributed by atoms with Crippen molar-refractivity contribution in [2.24, 2.45) is 0 Å². The van der Waals surface area contributed by atoms with Gasteiger partial charge in [0.2, 0.25) is 5.91 Å². The van der Waals surface area contributed by atoms with E-state index in [1.165, 1.54) is 16.0 Å². The van der Waals surface area contributed by atoms with E-state index in [9.17, 15) is 4.79 Å². The van der Waals surface area contributed by atoms with Crippen LogP contribution < -0.4 is 5.32 Å². The Labute approximate surface area is 187 Å². The van der Waals surface area contributed by atoms with Crippen molar-refractivity contribution in [1.29, 1.82) is 0 Å². The van der Waals surface area contributed by atoms with E-state index in [1.54, 1.807) is 17.5 Å². The monoisotopic (exact) mass is 439 g/mol. The minimum atomic E-state index is 0.0146. The topological polar surface area (TPSA) is 67.6 Å². The summed E-state index contributed by atoms with van der Waals surface area (Å²) in [5.74, 6) is 1.34. The molecule has 1 amide bonds. The normalized spacial score (nSPS) is 15.7. The minimum Gasteiger partial charge on any atom is -0.441 e. The molecular formula is C24H29N3O3S. The quantitative estimate of drug-likeness (QED) is 0.571. The first kappa shape index (κ1) is 21.7. The van der Waals surface area contributed by atoms with Crippen molar-refractivity contribution >= 4 is 17.2 Å². The Bertz CT molecular complexity index is 993. The van der Waals surface area contributed by atoms with Crippen LogP contribution in [-0.4, -0.2) is 48.6 Å². The molecule has 164 valence electrons. The summed E-state index contributed by atoms with van der Waals surface area (Å²) in [5, 5.41) is 5.19. The number of thiophene rings is 1. The zero-order valence-electron chi connectivity index (χ0n) is 18.1. The van der Waals surface area contributed by atoms with E-state index in [2.05, 4.69) is 58.7 Å². The number of hydrogen-bond donors (Lipinski definition) is 1. The number of nitrogens with one attached hydrogen (secondary N) is 1. The van der Waals surface area contributed by atoms with Crippen LogP contribution in [0.4, 0.5) is 0 Å². The highest BCUT2D eigenvalue weighted by atomic mass is 32.1. The van der Waals surface area contributed by atoms with Gasteiger partial charge in [-0.25, -0.2) is 4.98 Å². The van der Waals surface area contributed by atoms with Crippen LogP contribution in [0.25, 0.3) is 11.3 Å². The van der Waals surface area contributed by atoms with Crippen molar-refractivity contribution < 1.29 is 13.9 Å². The van der Waals surface area contributed by atoms with Gasteiger partial charge in [0.25, 0.3) is 0 Å². The fraction of sp³-hybridized carbons (Fsp3) is 0.417. The lowest BCUT2D eigenvalue weighted by molar-refractivity contribution is -0.121. The summed E-state index contributed by atoms with van der Waals surface area (Å²) in [5.41, 5.74) is 3.48. The van der Waals surface area contributed by atoms with E-state index in [4.69, 9.17) is 9.15 Å². The maximum atomic E-state index is 12.5. The number of oxazole rings is 1. The fourth-order valence-electron chi connectivity index (χ4n) is 3.75. The molecule has 0 unspecified atom stereocenters. The van der Waals surface area contributed by atoms with Crippen molar-refractivity contribution in [2.45, 2.75) is 32.7 Å². The van der Waals surface area contributed by atoms with Crippen molar-refractivity contribution in [3.05, 3.63) is 63.8 Å². The van der Waals surface area contributed by atoms with Crippen molar-refractivity contribution in [3.8, 4) is 11.3 Å². The predicted octanol–water partition coefficient (Wildman–Crippen LogP) is 4.14. The van der Waals surface area contributed by atoms with Crippen LogP contribution in [0.3, 0.4) is 0 Å². The maximum Gasteiger partial charge on any atom is 0.220 e. The molecule has 0 saturated carbocycles. The van der Waals surface area contributed by atoms with Crippen LogP contribution in [-0.2, 0) is 16.0 Å². The first-order valence-corrected chi connectivity index (χ1v) is 11.6. The lowest BCUT2D eigenvalue weighted by Crippen LogP contribution is -2.43. The number of amides is 1. The number of aryl methyl sites for hydroxylation is 3. The number of rotatable bonds is 8. The summed E-state index contributed by atoms with van der Waals surface area (Å²) in [6.07, 6.45) is 2.58. The summed E-state index contributed by atoms with van der Waals surface area (Å²) in [7, 11) is 0. The summed E-state index contributed by atoms with van der Waals surface area (Å²) < 4.78 is 11.4. The molecule has 31 heavy (non-hydrogen) atoms. The third-order valence-corrected chi connectivity index (χ3v) is 6.74. The molecule has 6 nitrogen and oxygen atoms in total. The van der Waals surface area contributed by atoms with Gasteiger partial charge >= 0.3 is 0 Å². The van der Waals surface area contributed by atoms with Crippen molar-refractivity contribution in [2.75, 3.05) is 32.8 Å². The molecular weight excluding hydrogens is 410 g/mol. The molecule has 1 aromatic carbocycles. The molecule has 0 aliphatic carbocycles. The summed E-state index contributed by atoms with van der Waals surface area (Å²) >= 11 is 1.73. The van der Waals surface area contributed by atoms with E-state index >= 15 is 0 Å².